The van der Waals surface area contributed by atoms with Crippen LogP contribution in [0.4, 0.5) is 13.2 Å². The summed E-state index contributed by atoms with van der Waals surface area (Å²) in [5.74, 6) is -0.572. The van der Waals surface area contributed by atoms with Gasteiger partial charge in [0.25, 0.3) is 0 Å². The minimum atomic E-state index is -4.76. The highest BCUT2D eigenvalue weighted by Crippen LogP contribution is 2.39. The Morgan fingerprint density at radius 3 is 2.34 bits per heavy atom. The van der Waals surface area contributed by atoms with Crippen LogP contribution in [0, 0.1) is 5.92 Å². The van der Waals surface area contributed by atoms with Gasteiger partial charge in [0.05, 0.1) is 0 Å². The van der Waals surface area contributed by atoms with Gasteiger partial charge in [-0.2, -0.15) is 0 Å². The lowest BCUT2D eigenvalue weighted by Crippen LogP contribution is -2.52. The predicted molar refractivity (Wildman–Crippen MR) is 104 cm³/mol. The Bertz CT molecular complexity index is 839. The lowest BCUT2D eigenvalue weighted by molar-refractivity contribution is -0.274. The molecule has 0 aromatic heterocycles. The van der Waals surface area contributed by atoms with E-state index in [1.807, 2.05) is 18.2 Å². The quantitative estimate of drug-likeness (QED) is 0.609. The zero-order valence-corrected chi connectivity index (χ0v) is 16.1. The summed E-state index contributed by atoms with van der Waals surface area (Å²) in [6.45, 7) is 0.881. The molecule has 29 heavy (non-hydrogen) atoms. The van der Waals surface area contributed by atoms with Gasteiger partial charge in [0, 0.05) is 30.1 Å². The molecule has 0 N–H and O–H groups in total. The molecule has 2 aliphatic rings. The number of hydrogen-bond donors (Lipinski definition) is 0. The van der Waals surface area contributed by atoms with Gasteiger partial charge in [-0.15, -0.1) is 13.2 Å². The van der Waals surface area contributed by atoms with Crippen molar-refractivity contribution in [3.63, 3.8) is 0 Å². The van der Waals surface area contributed by atoms with Crippen LogP contribution in [0.2, 0.25) is 0 Å². The number of Topliss-reactive ketones (excluding diaryl/α,β-unsaturated/α-hetero) is 1. The van der Waals surface area contributed by atoms with E-state index in [9.17, 15) is 18.0 Å². The maximum atomic E-state index is 13.1. The molecule has 2 saturated heterocycles. The van der Waals surface area contributed by atoms with Gasteiger partial charge in [-0.3, -0.25) is 9.69 Å². The normalized spacial score (nSPS) is 24.9. The Balaban J connectivity index is 1.47. The lowest BCUT2D eigenvalue weighted by atomic mass is 9.75. The number of hydrogen-bond acceptors (Lipinski definition) is 3. The maximum Gasteiger partial charge on any atom is 0.573 e. The molecule has 0 spiro atoms. The lowest BCUT2D eigenvalue weighted by Gasteiger charge is -2.48. The van der Waals surface area contributed by atoms with Crippen molar-refractivity contribution in [3.05, 3.63) is 65.7 Å². The number of carbonyl (C=O) groups excluding carboxylic acids is 1. The van der Waals surface area contributed by atoms with Crippen molar-refractivity contribution in [2.75, 3.05) is 0 Å². The molecule has 0 radical (unpaired) electrons. The third kappa shape index (κ3) is 4.81. The molecule has 2 aromatic rings. The minimum absolute atomic E-state index is 0.0751. The summed E-state index contributed by atoms with van der Waals surface area (Å²) >= 11 is 0. The van der Waals surface area contributed by atoms with E-state index in [-0.39, 0.29) is 17.5 Å². The number of ether oxygens (including phenoxy) is 1. The van der Waals surface area contributed by atoms with Crippen LogP contribution in [-0.2, 0) is 6.54 Å². The van der Waals surface area contributed by atoms with Crippen LogP contribution in [0.15, 0.2) is 54.6 Å². The average molecular weight is 403 g/mol. The van der Waals surface area contributed by atoms with E-state index in [1.165, 1.54) is 23.8 Å². The fourth-order valence-corrected chi connectivity index (χ4v) is 4.83. The first-order valence-corrected chi connectivity index (χ1v) is 10.1. The molecule has 6 heteroatoms. The number of fused-ring (bicyclic) bond motifs is 2. The van der Waals surface area contributed by atoms with E-state index in [1.54, 1.807) is 6.07 Å². The maximum absolute atomic E-state index is 13.1. The smallest absolute Gasteiger partial charge is 0.406 e. The molecule has 4 rings (SSSR count). The number of benzene rings is 2. The van der Waals surface area contributed by atoms with Gasteiger partial charge in [-0.05, 0) is 43.4 Å². The first-order chi connectivity index (χ1) is 13.9. The van der Waals surface area contributed by atoms with Crippen LogP contribution in [0.25, 0.3) is 0 Å². The largest absolute Gasteiger partial charge is 0.573 e. The molecule has 2 fully saturated rings. The number of carbonyl (C=O) groups is 1. The van der Waals surface area contributed by atoms with Gasteiger partial charge < -0.3 is 4.74 Å². The van der Waals surface area contributed by atoms with E-state index >= 15 is 0 Å². The molecule has 2 heterocycles. The van der Waals surface area contributed by atoms with Crippen LogP contribution >= 0.6 is 0 Å². The Hall–Kier alpha value is -2.34. The summed E-state index contributed by atoms with van der Waals surface area (Å²) in [5.41, 5.74) is 1.57. The number of halogens is 3. The van der Waals surface area contributed by atoms with Gasteiger partial charge in [-0.1, -0.05) is 48.9 Å². The van der Waals surface area contributed by atoms with Crippen molar-refractivity contribution in [1.82, 2.24) is 4.90 Å². The number of nitrogens with zero attached hydrogens (tertiary/aromatic N) is 1. The van der Waals surface area contributed by atoms with Gasteiger partial charge in [0.2, 0.25) is 0 Å². The van der Waals surface area contributed by atoms with E-state index in [0.717, 1.165) is 38.6 Å². The van der Waals surface area contributed by atoms with Crippen LogP contribution in [0.3, 0.4) is 0 Å². The summed E-state index contributed by atoms with van der Waals surface area (Å²) < 4.78 is 41.5. The summed E-state index contributed by atoms with van der Waals surface area (Å²) in [6.07, 6.45) is 0.0334. The van der Waals surface area contributed by atoms with Crippen molar-refractivity contribution < 1.29 is 22.7 Å². The van der Waals surface area contributed by atoms with Crippen LogP contribution in [-0.4, -0.2) is 29.1 Å². The summed E-state index contributed by atoms with van der Waals surface area (Å²) in [7, 11) is 0. The van der Waals surface area contributed by atoms with Crippen molar-refractivity contribution in [3.8, 4) is 5.75 Å². The number of rotatable bonds is 5. The minimum Gasteiger partial charge on any atom is -0.406 e. The number of piperidine rings is 2. The van der Waals surface area contributed by atoms with Crippen molar-refractivity contribution >= 4 is 5.78 Å². The van der Waals surface area contributed by atoms with Crippen molar-refractivity contribution in [2.45, 2.75) is 57.1 Å². The van der Waals surface area contributed by atoms with Gasteiger partial charge in [-0.25, -0.2) is 0 Å². The highest BCUT2D eigenvalue weighted by Gasteiger charge is 2.40. The Labute approximate surface area is 168 Å². The van der Waals surface area contributed by atoms with Crippen LogP contribution < -0.4 is 4.74 Å². The molecule has 0 aliphatic carbocycles. The molecule has 154 valence electrons. The third-order valence-corrected chi connectivity index (χ3v) is 6.06. The van der Waals surface area contributed by atoms with Crippen molar-refractivity contribution in [2.24, 2.45) is 5.92 Å². The number of ketones is 1. The second kappa shape index (κ2) is 8.19. The topological polar surface area (TPSA) is 29.5 Å². The third-order valence-electron chi connectivity index (χ3n) is 6.06. The average Bonchev–Trinajstić information content (AvgIpc) is 2.67. The zero-order chi connectivity index (χ0) is 20.4. The summed E-state index contributed by atoms with van der Waals surface area (Å²) in [4.78, 5) is 15.6. The van der Waals surface area contributed by atoms with Crippen LogP contribution in [0.1, 0.15) is 48.0 Å². The molecule has 3 nitrogen and oxygen atoms in total. The molecule has 2 aromatic carbocycles. The number of alkyl halides is 3. The summed E-state index contributed by atoms with van der Waals surface area (Å²) in [6, 6.07) is 16.5. The van der Waals surface area contributed by atoms with E-state index in [0.29, 0.717) is 17.6 Å². The first-order valence-electron chi connectivity index (χ1n) is 10.1. The van der Waals surface area contributed by atoms with E-state index in [2.05, 4.69) is 21.8 Å². The molecule has 2 bridgehead atoms. The van der Waals surface area contributed by atoms with Gasteiger partial charge >= 0.3 is 6.36 Å². The SMILES string of the molecule is O=C(c1cccc(OC(F)(F)F)c1)C1CC2CCCC(C1)N2Cc1ccccc1. The summed E-state index contributed by atoms with van der Waals surface area (Å²) in [5, 5.41) is 0. The van der Waals surface area contributed by atoms with Crippen LogP contribution in [0.5, 0.6) is 5.75 Å². The molecular weight excluding hydrogens is 379 g/mol. The molecular formula is C23H24F3NO2. The Morgan fingerprint density at radius 2 is 1.69 bits per heavy atom. The van der Waals surface area contributed by atoms with Gasteiger partial charge in [0.1, 0.15) is 5.75 Å². The molecule has 0 saturated carbocycles. The molecule has 0 amide bonds. The van der Waals surface area contributed by atoms with Crippen molar-refractivity contribution in [1.29, 1.82) is 0 Å². The van der Waals surface area contributed by atoms with E-state index < -0.39 is 6.36 Å². The second-order valence-corrected chi connectivity index (χ2v) is 8.00. The Kier molecular flexibility index (Phi) is 5.63. The fraction of sp³-hybridized carbons (Fsp3) is 0.435. The van der Waals surface area contributed by atoms with E-state index in [4.69, 9.17) is 0 Å². The molecule has 2 atom stereocenters. The fourth-order valence-electron chi connectivity index (χ4n) is 4.83. The molecule has 2 aliphatic heterocycles. The highest BCUT2D eigenvalue weighted by molar-refractivity contribution is 5.98. The Morgan fingerprint density at radius 1 is 1.00 bits per heavy atom. The molecule has 2 unspecified atom stereocenters. The standard InChI is InChI=1S/C23H24F3NO2/c24-23(25,26)29-21-11-4-8-17(14-21)22(28)18-12-19-9-5-10-20(13-18)27(19)15-16-6-2-1-3-7-16/h1-4,6-8,11,14,18-20H,5,9-10,12-13,15H2. The zero-order valence-electron chi connectivity index (χ0n) is 16.1. The monoisotopic (exact) mass is 403 g/mol. The second-order valence-electron chi connectivity index (χ2n) is 8.00. The first kappa shape index (κ1) is 20.0. The van der Waals surface area contributed by atoms with Gasteiger partial charge in [0.15, 0.2) is 5.78 Å². The highest BCUT2D eigenvalue weighted by atomic mass is 19.4. The predicted octanol–water partition coefficient (Wildman–Crippen LogP) is 5.60.